The normalized spacial score (nSPS) is 16.0. The van der Waals surface area contributed by atoms with Gasteiger partial charge in [0.1, 0.15) is 0 Å². The van der Waals surface area contributed by atoms with Crippen LogP contribution < -0.4 is 0 Å². The number of imidazole rings is 1. The fourth-order valence-corrected chi connectivity index (χ4v) is 3.24. The van der Waals surface area contributed by atoms with Gasteiger partial charge in [0.25, 0.3) is 0 Å². The number of hydrogen-bond donors (Lipinski definition) is 0. The summed E-state index contributed by atoms with van der Waals surface area (Å²) >= 11 is 5.58. The van der Waals surface area contributed by atoms with E-state index in [1.807, 2.05) is 30.7 Å². The van der Waals surface area contributed by atoms with Crippen molar-refractivity contribution in [1.29, 1.82) is 0 Å². The average Bonchev–Trinajstić information content (AvgIpc) is 2.81. The van der Waals surface area contributed by atoms with Crippen LogP contribution in [0, 0.1) is 4.77 Å². The Bertz CT molecular complexity index is 759. The number of ether oxygens (including phenoxy) is 1. The molecule has 1 aromatic heterocycles. The Labute approximate surface area is 140 Å². The standard InChI is InChI=1S/C16H22N4O2S/c1-3-22-16(21)19-10-8-18(9-11-19)12-20-14-7-5-4-6-13(14)17(2)15(20)23/h4-7H,3,8-12H2,1-2H3. The summed E-state index contributed by atoms with van der Waals surface area (Å²) in [6.07, 6.45) is -0.214. The summed E-state index contributed by atoms with van der Waals surface area (Å²) in [5.41, 5.74) is 2.29. The average molecular weight is 334 g/mol. The molecule has 2 aromatic rings. The number of carbonyl (C=O) groups is 1. The molecule has 124 valence electrons. The molecular weight excluding hydrogens is 312 g/mol. The number of hydrogen-bond acceptors (Lipinski definition) is 4. The van der Waals surface area contributed by atoms with Crippen LogP contribution in [-0.2, 0) is 18.5 Å². The monoisotopic (exact) mass is 334 g/mol. The number of aromatic nitrogens is 2. The van der Waals surface area contributed by atoms with E-state index in [4.69, 9.17) is 17.0 Å². The zero-order chi connectivity index (χ0) is 16.4. The van der Waals surface area contributed by atoms with Crippen LogP contribution in [0.3, 0.4) is 0 Å². The Morgan fingerprint density at radius 3 is 2.48 bits per heavy atom. The van der Waals surface area contributed by atoms with E-state index in [1.165, 1.54) is 0 Å². The van der Waals surface area contributed by atoms with Crippen LogP contribution in [-0.4, -0.2) is 57.8 Å². The van der Waals surface area contributed by atoms with Gasteiger partial charge in [0.2, 0.25) is 0 Å². The van der Waals surface area contributed by atoms with E-state index in [0.29, 0.717) is 19.7 Å². The van der Waals surface area contributed by atoms with Crippen molar-refractivity contribution in [2.24, 2.45) is 7.05 Å². The molecular formula is C16H22N4O2S. The molecule has 0 spiro atoms. The third-order valence-electron chi connectivity index (χ3n) is 4.29. The van der Waals surface area contributed by atoms with E-state index in [9.17, 15) is 4.79 Å². The quantitative estimate of drug-likeness (QED) is 0.809. The minimum atomic E-state index is -0.214. The molecule has 0 atom stereocenters. The van der Waals surface area contributed by atoms with E-state index in [-0.39, 0.29) is 6.09 Å². The highest BCUT2D eigenvalue weighted by Gasteiger charge is 2.22. The number of fused-ring (bicyclic) bond motifs is 1. The Kier molecular flexibility index (Phi) is 4.68. The maximum atomic E-state index is 11.8. The third kappa shape index (κ3) is 3.11. The van der Waals surface area contributed by atoms with E-state index in [0.717, 1.165) is 35.6 Å². The van der Waals surface area contributed by atoms with Crippen LogP contribution in [0.2, 0.25) is 0 Å². The highest BCUT2D eigenvalue weighted by atomic mass is 32.1. The number of amides is 1. The summed E-state index contributed by atoms with van der Waals surface area (Å²) in [6.45, 7) is 6.03. The third-order valence-corrected chi connectivity index (χ3v) is 4.79. The van der Waals surface area contributed by atoms with Crippen molar-refractivity contribution in [3.63, 3.8) is 0 Å². The second-order valence-electron chi connectivity index (χ2n) is 5.70. The molecule has 23 heavy (non-hydrogen) atoms. The van der Waals surface area contributed by atoms with Crippen LogP contribution in [0.4, 0.5) is 4.79 Å². The van der Waals surface area contributed by atoms with Crippen molar-refractivity contribution in [2.75, 3.05) is 32.8 Å². The van der Waals surface area contributed by atoms with Crippen molar-refractivity contribution < 1.29 is 9.53 Å². The highest BCUT2D eigenvalue weighted by Crippen LogP contribution is 2.17. The second kappa shape index (κ2) is 6.72. The predicted octanol–water partition coefficient (Wildman–Crippen LogP) is 2.44. The van der Waals surface area contributed by atoms with Gasteiger partial charge >= 0.3 is 6.09 Å². The number of benzene rings is 1. The van der Waals surface area contributed by atoms with Gasteiger partial charge in [0.05, 0.1) is 24.3 Å². The SMILES string of the molecule is CCOC(=O)N1CCN(Cn2c(=S)n(C)c3ccccc32)CC1. The summed E-state index contributed by atoms with van der Waals surface area (Å²) in [7, 11) is 2.00. The minimum absolute atomic E-state index is 0.214. The number of nitrogens with zero attached hydrogens (tertiary/aromatic N) is 4. The molecule has 0 unspecified atom stereocenters. The molecule has 1 aliphatic rings. The van der Waals surface area contributed by atoms with Crippen molar-refractivity contribution in [2.45, 2.75) is 13.6 Å². The molecule has 2 heterocycles. The van der Waals surface area contributed by atoms with Crippen molar-refractivity contribution in [3.8, 4) is 0 Å². The lowest BCUT2D eigenvalue weighted by Gasteiger charge is -2.34. The molecule has 0 radical (unpaired) electrons. The van der Waals surface area contributed by atoms with Gasteiger partial charge in [-0.25, -0.2) is 4.79 Å². The topological polar surface area (TPSA) is 42.6 Å². The summed E-state index contributed by atoms with van der Waals surface area (Å²) in [5.74, 6) is 0. The summed E-state index contributed by atoms with van der Waals surface area (Å²) in [5, 5.41) is 0. The Morgan fingerprint density at radius 2 is 1.83 bits per heavy atom. The molecule has 7 heteroatoms. The van der Waals surface area contributed by atoms with E-state index in [2.05, 4.69) is 21.6 Å². The summed E-state index contributed by atoms with van der Waals surface area (Å²) in [6, 6.07) is 8.24. The first kappa shape index (κ1) is 16.0. The van der Waals surface area contributed by atoms with E-state index in [1.54, 1.807) is 4.90 Å². The Hall–Kier alpha value is -1.86. The zero-order valence-electron chi connectivity index (χ0n) is 13.6. The molecule has 0 bridgehead atoms. The predicted molar refractivity (Wildman–Crippen MR) is 91.9 cm³/mol. The molecule has 1 fully saturated rings. The number of carbonyl (C=O) groups excluding carboxylic acids is 1. The van der Waals surface area contributed by atoms with Gasteiger partial charge in [-0.15, -0.1) is 0 Å². The second-order valence-corrected chi connectivity index (χ2v) is 6.07. The van der Waals surface area contributed by atoms with Crippen molar-refractivity contribution in [1.82, 2.24) is 18.9 Å². The lowest BCUT2D eigenvalue weighted by atomic mass is 10.3. The highest BCUT2D eigenvalue weighted by molar-refractivity contribution is 7.71. The van der Waals surface area contributed by atoms with E-state index >= 15 is 0 Å². The minimum Gasteiger partial charge on any atom is -0.450 e. The molecule has 1 aliphatic heterocycles. The van der Waals surface area contributed by atoms with Gasteiger partial charge in [-0.3, -0.25) is 4.90 Å². The van der Waals surface area contributed by atoms with Gasteiger partial charge in [-0.1, -0.05) is 12.1 Å². The molecule has 0 saturated carbocycles. The van der Waals surface area contributed by atoms with E-state index < -0.39 is 0 Å². The Morgan fingerprint density at radius 1 is 1.17 bits per heavy atom. The summed E-state index contributed by atoms with van der Waals surface area (Å²) < 4.78 is 10.1. The fourth-order valence-electron chi connectivity index (χ4n) is 2.99. The fraction of sp³-hybridized carbons (Fsp3) is 0.500. The van der Waals surface area contributed by atoms with Gasteiger partial charge in [0, 0.05) is 33.2 Å². The van der Waals surface area contributed by atoms with Crippen LogP contribution in [0.15, 0.2) is 24.3 Å². The number of aryl methyl sites for hydroxylation is 1. The van der Waals surface area contributed by atoms with Gasteiger partial charge in [-0.2, -0.15) is 0 Å². The maximum Gasteiger partial charge on any atom is 0.409 e. The van der Waals surface area contributed by atoms with Gasteiger partial charge in [-0.05, 0) is 31.3 Å². The Balaban J connectivity index is 1.71. The smallest absolute Gasteiger partial charge is 0.409 e. The molecule has 0 aliphatic carbocycles. The number of piperazine rings is 1. The number of para-hydroxylation sites is 2. The number of rotatable bonds is 3. The lowest BCUT2D eigenvalue weighted by Crippen LogP contribution is -2.49. The van der Waals surface area contributed by atoms with Gasteiger partial charge < -0.3 is 18.8 Å². The largest absolute Gasteiger partial charge is 0.450 e. The van der Waals surface area contributed by atoms with Crippen molar-refractivity contribution in [3.05, 3.63) is 29.0 Å². The first-order valence-electron chi connectivity index (χ1n) is 7.90. The van der Waals surface area contributed by atoms with Gasteiger partial charge in [0.15, 0.2) is 4.77 Å². The first-order valence-corrected chi connectivity index (χ1v) is 8.31. The molecule has 1 aromatic carbocycles. The van der Waals surface area contributed by atoms with Crippen LogP contribution in [0.1, 0.15) is 6.92 Å². The zero-order valence-corrected chi connectivity index (χ0v) is 14.4. The molecule has 0 N–H and O–H groups in total. The van der Waals surface area contributed by atoms with Crippen LogP contribution in [0.25, 0.3) is 11.0 Å². The first-order chi connectivity index (χ1) is 11.1. The van der Waals surface area contributed by atoms with Crippen LogP contribution >= 0.6 is 12.2 Å². The molecule has 6 nitrogen and oxygen atoms in total. The molecule has 1 saturated heterocycles. The lowest BCUT2D eigenvalue weighted by molar-refractivity contribution is 0.0712. The van der Waals surface area contributed by atoms with Crippen molar-refractivity contribution >= 4 is 29.3 Å². The molecule has 1 amide bonds. The maximum absolute atomic E-state index is 11.8. The summed E-state index contributed by atoms with van der Waals surface area (Å²) in [4.78, 5) is 15.8. The van der Waals surface area contributed by atoms with Crippen LogP contribution in [0.5, 0.6) is 0 Å². The molecule has 3 rings (SSSR count).